The highest BCUT2D eigenvalue weighted by atomic mass is 32.2. The van der Waals surface area contributed by atoms with E-state index in [2.05, 4.69) is 5.32 Å². The van der Waals surface area contributed by atoms with Crippen LogP contribution in [0, 0.1) is 0 Å². The fourth-order valence-corrected chi connectivity index (χ4v) is 3.02. The molecule has 1 heterocycles. The van der Waals surface area contributed by atoms with Crippen molar-refractivity contribution in [1.29, 1.82) is 0 Å². The zero-order valence-electron chi connectivity index (χ0n) is 10.4. The second-order valence-electron chi connectivity index (χ2n) is 4.30. The first kappa shape index (κ1) is 13.2. The summed E-state index contributed by atoms with van der Waals surface area (Å²) in [5, 5.41) is 3.13. The molecule has 0 spiro atoms. The summed E-state index contributed by atoms with van der Waals surface area (Å²) in [5.74, 6) is 0.675. The summed E-state index contributed by atoms with van der Waals surface area (Å²) in [4.78, 5) is 1.40. The first-order valence-electron chi connectivity index (χ1n) is 5.81. The Hall–Kier alpha value is -1.82. The Balaban J connectivity index is 2.00. The number of nitrogens with one attached hydrogen (secondary N) is 1. The van der Waals surface area contributed by atoms with Gasteiger partial charge in [-0.1, -0.05) is 11.8 Å². The first-order valence-corrected chi connectivity index (χ1v) is 6.63. The van der Waals surface area contributed by atoms with E-state index in [9.17, 15) is 13.2 Å². The minimum absolute atomic E-state index is 0.556. The smallest absolute Gasteiger partial charge is 0.416 e. The molecule has 104 valence electrons. The van der Waals surface area contributed by atoms with Crippen LogP contribution < -0.4 is 10.1 Å². The van der Waals surface area contributed by atoms with Crippen LogP contribution in [0.5, 0.6) is 5.75 Å². The predicted octanol–water partition coefficient (Wildman–Crippen LogP) is 4.92. The van der Waals surface area contributed by atoms with Gasteiger partial charge in [0.15, 0.2) is 0 Å². The number of methoxy groups -OCH3 is 1. The minimum Gasteiger partial charge on any atom is -0.497 e. The van der Waals surface area contributed by atoms with Crippen molar-refractivity contribution in [3.05, 3.63) is 42.0 Å². The maximum atomic E-state index is 12.7. The van der Waals surface area contributed by atoms with Gasteiger partial charge in [-0.25, -0.2) is 0 Å². The summed E-state index contributed by atoms with van der Waals surface area (Å²) in [5.41, 5.74) is 0.903. The number of anilines is 2. The van der Waals surface area contributed by atoms with Crippen molar-refractivity contribution < 1.29 is 17.9 Å². The fourth-order valence-electron chi connectivity index (χ4n) is 1.97. The molecular formula is C14H10F3NOS. The molecule has 2 aromatic rings. The molecule has 0 amide bonds. The van der Waals surface area contributed by atoms with Gasteiger partial charge >= 0.3 is 6.18 Å². The van der Waals surface area contributed by atoms with Gasteiger partial charge in [0.25, 0.3) is 0 Å². The number of halogens is 3. The van der Waals surface area contributed by atoms with Gasteiger partial charge in [0.1, 0.15) is 5.75 Å². The Morgan fingerprint density at radius 1 is 1.00 bits per heavy atom. The Labute approximate surface area is 117 Å². The van der Waals surface area contributed by atoms with Gasteiger partial charge < -0.3 is 10.1 Å². The van der Waals surface area contributed by atoms with Gasteiger partial charge in [-0.2, -0.15) is 13.2 Å². The SMILES string of the molecule is COc1ccc2c(c1)Sc1cc(C(F)(F)F)ccc1N2. The van der Waals surface area contributed by atoms with E-state index >= 15 is 0 Å². The predicted molar refractivity (Wildman–Crippen MR) is 71.8 cm³/mol. The molecule has 0 bridgehead atoms. The maximum Gasteiger partial charge on any atom is 0.416 e. The van der Waals surface area contributed by atoms with Crippen molar-refractivity contribution in [3.8, 4) is 5.75 Å². The Kier molecular flexibility index (Phi) is 3.05. The minimum atomic E-state index is -4.33. The van der Waals surface area contributed by atoms with Crippen LogP contribution in [0.1, 0.15) is 5.56 Å². The summed E-state index contributed by atoms with van der Waals surface area (Å²) in [6.07, 6.45) is -4.33. The highest BCUT2D eigenvalue weighted by Crippen LogP contribution is 2.46. The van der Waals surface area contributed by atoms with E-state index in [0.29, 0.717) is 16.3 Å². The average Bonchev–Trinajstić information content (AvgIpc) is 2.42. The molecule has 0 fully saturated rings. The van der Waals surface area contributed by atoms with E-state index in [0.717, 1.165) is 22.7 Å². The average molecular weight is 297 g/mol. The number of hydrogen-bond acceptors (Lipinski definition) is 3. The second-order valence-corrected chi connectivity index (χ2v) is 5.38. The quantitative estimate of drug-likeness (QED) is 0.688. The number of alkyl halides is 3. The third-order valence-electron chi connectivity index (χ3n) is 2.99. The Bertz CT molecular complexity index is 670. The number of fused-ring (bicyclic) bond motifs is 2. The molecule has 0 saturated heterocycles. The van der Waals surface area contributed by atoms with Crippen LogP contribution in [0.2, 0.25) is 0 Å². The normalized spacial score (nSPS) is 13.2. The van der Waals surface area contributed by atoms with E-state index in [-0.39, 0.29) is 0 Å². The summed E-state index contributed by atoms with van der Waals surface area (Å²) in [6, 6.07) is 9.16. The van der Waals surface area contributed by atoms with Crippen LogP contribution in [0.25, 0.3) is 0 Å². The molecule has 0 saturated carbocycles. The van der Waals surface area contributed by atoms with Gasteiger partial charge in [-0.3, -0.25) is 0 Å². The molecule has 2 nitrogen and oxygen atoms in total. The Morgan fingerprint density at radius 3 is 2.30 bits per heavy atom. The molecule has 1 N–H and O–H groups in total. The van der Waals surface area contributed by atoms with Crippen molar-refractivity contribution in [2.45, 2.75) is 16.0 Å². The molecule has 0 aliphatic carbocycles. The van der Waals surface area contributed by atoms with Crippen LogP contribution in [0.4, 0.5) is 24.5 Å². The lowest BCUT2D eigenvalue weighted by Gasteiger charge is -2.22. The van der Waals surface area contributed by atoms with Crippen LogP contribution >= 0.6 is 11.8 Å². The van der Waals surface area contributed by atoms with Crippen molar-refractivity contribution in [1.82, 2.24) is 0 Å². The van der Waals surface area contributed by atoms with Crippen molar-refractivity contribution in [2.24, 2.45) is 0 Å². The number of ether oxygens (including phenoxy) is 1. The largest absolute Gasteiger partial charge is 0.497 e. The highest BCUT2D eigenvalue weighted by molar-refractivity contribution is 7.99. The molecule has 0 atom stereocenters. The third kappa shape index (κ3) is 2.31. The molecule has 1 aliphatic heterocycles. The highest BCUT2D eigenvalue weighted by Gasteiger charge is 2.31. The number of benzene rings is 2. The molecule has 2 aromatic carbocycles. The molecule has 3 rings (SSSR count). The van der Waals surface area contributed by atoms with Crippen LogP contribution in [-0.2, 0) is 6.18 Å². The van der Waals surface area contributed by atoms with E-state index < -0.39 is 11.7 Å². The van der Waals surface area contributed by atoms with Crippen molar-refractivity contribution >= 4 is 23.1 Å². The number of hydrogen-bond donors (Lipinski definition) is 1. The second kappa shape index (κ2) is 4.63. The van der Waals surface area contributed by atoms with Crippen LogP contribution in [0.15, 0.2) is 46.2 Å². The van der Waals surface area contributed by atoms with Crippen LogP contribution in [0.3, 0.4) is 0 Å². The first-order chi connectivity index (χ1) is 9.47. The molecule has 0 radical (unpaired) electrons. The molecule has 0 unspecified atom stereocenters. The van der Waals surface area contributed by atoms with Crippen molar-refractivity contribution in [2.75, 3.05) is 12.4 Å². The van der Waals surface area contributed by atoms with E-state index in [4.69, 9.17) is 4.74 Å². The van der Waals surface area contributed by atoms with Gasteiger partial charge in [0.2, 0.25) is 0 Å². The fraction of sp³-hybridized carbons (Fsp3) is 0.143. The van der Waals surface area contributed by atoms with Gasteiger partial charge in [0.05, 0.1) is 24.0 Å². The lowest BCUT2D eigenvalue weighted by atomic mass is 10.2. The summed E-state index contributed by atoms with van der Waals surface area (Å²) in [6.45, 7) is 0. The number of rotatable bonds is 1. The lowest BCUT2D eigenvalue weighted by Crippen LogP contribution is -2.07. The third-order valence-corrected chi connectivity index (χ3v) is 4.10. The maximum absolute atomic E-state index is 12.7. The van der Waals surface area contributed by atoms with Crippen LogP contribution in [-0.4, -0.2) is 7.11 Å². The van der Waals surface area contributed by atoms with Crippen molar-refractivity contribution in [3.63, 3.8) is 0 Å². The van der Waals surface area contributed by atoms with E-state index in [1.165, 1.54) is 17.8 Å². The van der Waals surface area contributed by atoms with E-state index in [1.54, 1.807) is 13.2 Å². The van der Waals surface area contributed by atoms with Gasteiger partial charge in [0, 0.05) is 9.79 Å². The molecule has 1 aliphatic rings. The molecule has 20 heavy (non-hydrogen) atoms. The summed E-state index contributed by atoms with van der Waals surface area (Å²) in [7, 11) is 1.55. The summed E-state index contributed by atoms with van der Waals surface area (Å²) < 4.78 is 43.3. The standard InChI is InChI=1S/C14H10F3NOS/c1-19-9-3-5-11-13(7-9)20-12-6-8(14(15,16)17)2-4-10(12)18-11/h2-7,18H,1H3. The summed E-state index contributed by atoms with van der Waals surface area (Å²) >= 11 is 1.30. The van der Waals surface area contributed by atoms with Gasteiger partial charge in [-0.15, -0.1) is 0 Å². The molecule has 0 aromatic heterocycles. The molecule has 6 heteroatoms. The van der Waals surface area contributed by atoms with Gasteiger partial charge in [-0.05, 0) is 36.4 Å². The lowest BCUT2D eigenvalue weighted by molar-refractivity contribution is -0.137. The topological polar surface area (TPSA) is 21.3 Å². The molecular weight excluding hydrogens is 287 g/mol. The zero-order chi connectivity index (χ0) is 14.3. The monoisotopic (exact) mass is 297 g/mol. The zero-order valence-corrected chi connectivity index (χ0v) is 11.2. The van der Waals surface area contributed by atoms with E-state index in [1.807, 2.05) is 12.1 Å². The Morgan fingerprint density at radius 2 is 1.65 bits per heavy atom.